The van der Waals surface area contributed by atoms with E-state index >= 15 is 0 Å². The van der Waals surface area contributed by atoms with E-state index in [0.29, 0.717) is 11.1 Å². The van der Waals surface area contributed by atoms with Crippen molar-refractivity contribution >= 4 is 11.8 Å². The SMILES string of the molecule is COC(=O)CCC(=O)c1ccc(-c2ccc(OC(F)(F)F)cc2)cc1. The molecule has 2 aromatic carbocycles. The molecule has 7 heteroatoms. The Labute approximate surface area is 142 Å². The van der Waals surface area contributed by atoms with E-state index in [2.05, 4.69) is 9.47 Å². The van der Waals surface area contributed by atoms with Gasteiger partial charge in [-0.15, -0.1) is 13.2 Å². The quantitative estimate of drug-likeness (QED) is 0.572. The predicted octanol–water partition coefficient (Wildman–Crippen LogP) is 4.39. The van der Waals surface area contributed by atoms with Crippen molar-refractivity contribution in [1.29, 1.82) is 0 Å². The molecule has 0 unspecified atom stereocenters. The zero-order valence-corrected chi connectivity index (χ0v) is 13.3. The van der Waals surface area contributed by atoms with Crippen LogP contribution < -0.4 is 4.74 Å². The number of carbonyl (C=O) groups excluding carboxylic acids is 2. The fourth-order valence-electron chi connectivity index (χ4n) is 2.16. The number of hydrogen-bond acceptors (Lipinski definition) is 4. The minimum absolute atomic E-state index is 0.0117. The molecule has 0 atom stereocenters. The van der Waals surface area contributed by atoms with E-state index in [1.54, 1.807) is 24.3 Å². The first-order valence-corrected chi connectivity index (χ1v) is 7.35. The lowest BCUT2D eigenvalue weighted by Crippen LogP contribution is -2.16. The molecule has 0 saturated heterocycles. The molecule has 0 saturated carbocycles. The van der Waals surface area contributed by atoms with Gasteiger partial charge >= 0.3 is 12.3 Å². The van der Waals surface area contributed by atoms with Crippen LogP contribution in [0.3, 0.4) is 0 Å². The molecule has 0 amide bonds. The molecule has 0 fully saturated rings. The largest absolute Gasteiger partial charge is 0.573 e. The lowest BCUT2D eigenvalue weighted by molar-refractivity contribution is -0.274. The molecule has 0 bridgehead atoms. The van der Waals surface area contributed by atoms with Crippen molar-refractivity contribution in [3.63, 3.8) is 0 Å². The summed E-state index contributed by atoms with van der Waals surface area (Å²) in [7, 11) is 1.26. The number of halogens is 3. The molecular formula is C18H15F3O4. The van der Waals surface area contributed by atoms with E-state index in [1.807, 2.05) is 0 Å². The highest BCUT2D eigenvalue weighted by atomic mass is 19.4. The molecule has 0 spiro atoms. The van der Waals surface area contributed by atoms with Crippen LogP contribution in [-0.2, 0) is 9.53 Å². The highest BCUT2D eigenvalue weighted by Gasteiger charge is 2.30. The van der Waals surface area contributed by atoms with Crippen molar-refractivity contribution < 1.29 is 32.2 Å². The van der Waals surface area contributed by atoms with Gasteiger partial charge < -0.3 is 9.47 Å². The van der Waals surface area contributed by atoms with Crippen LogP contribution in [0.5, 0.6) is 5.75 Å². The number of carbonyl (C=O) groups is 2. The third kappa shape index (κ3) is 5.63. The Morgan fingerprint density at radius 3 is 1.88 bits per heavy atom. The number of benzene rings is 2. The summed E-state index contributed by atoms with van der Waals surface area (Å²) in [5.74, 6) is -0.942. The summed E-state index contributed by atoms with van der Waals surface area (Å²) in [6, 6.07) is 12.0. The fraction of sp³-hybridized carbons (Fsp3) is 0.222. The normalized spacial score (nSPS) is 11.0. The Morgan fingerprint density at radius 2 is 1.40 bits per heavy atom. The Balaban J connectivity index is 2.04. The molecule has 0 radical (unpaired) electrons. The van der Waals surface area contributed by atoms with E-state index < -0.39 is 12.3 Å². The number of esters is 1. The summed E-state index contributed by atoms with van der Waals surface area (Å²) in [4.78, 5) is 23.0. The van der Waals surface area contributed by atoms with Gasteiger partial charge in [0.2, 0.25) is 0 Å². The van der Waals surface area contributed by atoms with Gasteiger partial charge in [-0.05, 0) is 23.3 Å². The third-order valence-electron chi connectivity index (χ3n) is 3.41. The third-order valence-corrected chi connectivity index (χ3v) is 3.41. The van der Waals surface area contributed by atoms with E-state index in [9.17, 15) is 22.8 Å². The summed E-state index contributed by atoms with van der Waals surface area (Å²) < 4.78 is 44.7. The first kappa shape index (κ1) is 18.5. The van der Waals surface area contributed by atoms with Gasteiger partial charge in [0.1, 0.15) is 5.75 Å². The molecule has 0 heterocycles. The number of methoxy groups -OCH3 is 1. The van der Waals surface area contributed by atoms with Crippen LogP contribution in [0, 0.1) is 0 Å². The van der Waals surface area contributed by atoms with Crippen LogP contribution in [0.4, 0.5) is 13.2 Å². The van der Waals surface area contributed by atoms with Gasteiger partial charge in [0.05, 0.1) is 13.5 Å². The standard InChI is InChI=1S/C18H15F3O4/c1-24-17(23)11-10-16(22)14-4-2-12(3-5-14)13-6-8-15(9-7-13)25-18(19,20)21/h2-9H,10-11H2,1H3. The fourth-order valence-corrected chi connectivity index (χ4v) is 2.16. The molecule has 132 valence electrons. The molecule has 25 heavy (non-hydrogen) atoms. The minimum atomic E-state index is -4.73. The van der Waals surface area contributed by atoms with E-state index in [-0.39, 0.29) is 24.4 Å². The van der Waals surface area contributed by atoms with Crippen LogP contribution in [0.2, 0.25) is 0 Å². The van der Waals surface area contributed by atoms with Crippen LogP contribution in [0.15, 0.2) is 48.5 Å². The number of hydrogen-bond donors (Lipinski definition) is 0. The van der Waals surface area contributed by atoms with Gasteiger partial charge in [-0.2, -0.15) is 0 Å². The summed E-state index contributed by atoms with van der Waals surface area (Å²) in [6.45, 7) is 0. The molecule has 0 aliphatic rings. The van der Waals surface area contributed by atoms with Gasteiger partial charge in [-0.3, -0.25) is 9.59 Å². The van der Waals surface area contributed by atoms with Crippen molar-refractivity contribution in [2.75, 3.05) is 7.11 Å². The number of ketones is 1. The molecule has 0 aliphatic heterocycles. The number of ether oxygens (including phenoxy) is 2. The Kier molecular flexibility index (Phi) is 5.80. The Bertz CT molecular complexity index is 734. The highest BCUT2D eigenvalue weighted by Crippen LogP contribution is 2.26. The van der Waals surface area contributed by atoms with Gasteiger partial charge in [-0.1, -0.05) is 36.4 Å². The first-order chi connectivity index (χ1) is 11.8. The van der Waals surface area contributed by atoms with Crippen molar-refractivity contribution in [3.05, 3.63) is 54.1 Å². The lowest BCUT2D eigenvalue weighted by atomic mass is 10.0. The first-order valence-electron chi connectivity index (χ1n) is 7.35. The molecular weight excluding hydrogens is 337 g/mol. The van der Waals surface area contributed by atoms with Crippen molar-refractivity contribution in [3.8, 4) is 16.9 Å². The monoisotopic (exact) mass is 352 g/mol. The van der Waals surface area contributed by atoms with Gasteiger partial charge in [-0.25, -0.2) is 0 Å². The van der Waals surface area contributed by atoms with Crippen LogP contribution in [0.1, 0.15) is 23.2 Å². The maximum absolute atomic E-state index is 12.1. The number of Topliss-reactive ketones (excluding diaryl/α,β-unsaturated/α-hetero) is 1. The second-order valence-corrected chi connectivity index (χ2v) is 5.15. The molecule has 4 nitrogen and oxygen atoms in total. The van der Waals surface area contributed by atoms with Crippen molar-refractivity contribution in [2.45, 2.75) is 19.2 Å². The predicted molar refractivity (Wildman–Crippen MR) is 84.1 cm³/mol. The minimum Gasteiger partial charge on any atom is -0.469 e. The molecule has 2 aromatic rings. The average molecular weight is 352 g/mol. The van der Waals surface area contributed by atoms with Gasteiger partial charge in [0.25, 0.3) is 0 Å². The topological polar surface area (TPSA) is 52.6 Å². The summed E-state index contributed by atoms with van der Waals surface area (Å²) in [5.41, 5.74) is 1.87. The van der Waals surface area contributed by atoms with E-state index in [0.717, 1.165) is 5.56 Å². The maximum Gasteiger partial charge on any atom is 0.573 e. The summed E-state index contributed by atoms with van der Waals surface area (Å²) in [5, 5.41) is 0. The van der Waals surface area contributed by atoms with E-state index in [1.165, 1.54) is 31.4 Å². The van der Waals surface area contributed by atoms with Crippen molar-refractivity contribution in [2.24, 2.45) is 0 Å². The number of alkyl halides is 3. The van der Waals surface area contributed by atoms with Gasteiger partial charge in [0.15, 0.2) is 5.78 Å². The molecule has 0 aliphatic carbocycles. The zero-order valence-electron chi connectivity index (χ0n) is 13.3. The maximum atomic E-state index is 12.1. The zero-order chi connectivity index (χ0) is 18.4. The highest BCUT2D eigenvalue weighted by molar-refractivity contribution is 5.97. The Morgan fingerprint density at radius 1 is 0.880 bits per heavy atom. The molecule has 0 aromatic heterocycles. The van der Waals surface area contributed by atoms with Crippen LogP contribution >= 0.6 is 0 Å². The van der Waals surface area contributed by atoms with Crippen LogP contribution in [0.25, 0.3) is 11.1 Å². The summed E-state index contributed by atoms with van der Waals surface area (Å²) in [6.07, 6.45) is -4.67. The molecule has 0 N–H and O–H groups in total. The second-order valence-electron chi connectivity index (χ2n) is 5.15. The van der Waals surface area contributed by atoms with E-state index in [4.69, 9.17) is 0 Å². The average Bonchev–Trinajstić information content (AvgIpc) is 2.59. The van der Waals surface area contributed by atoms with Gasteiger partial charge in [0, 0.05) is 12.0 Å². The van der Waals surface area contributed by atoms with Crippen molar-refractivity contribution in [1.82, 2.24) is 0 Å². The Hall–Kier alpha value is -2.83. The smallest absolute Gasteiger partial charge is 0.469 e. The molecule has 2 rings (SSSR count). The summed E-state index contributed by atoms with van der Waals surface area (Å²) >= 11 is 0. The lowest BCUT2D eigenvalue weighted by Gasteiger charge is -2.09. The second kappa shape index (κ2) is 7.83. The number of rotatable bonds is 6. The van der Waals surface area contributed by atoms with Crippen LogP contribution in [-0.4, -0.2) is 25.2 Å².